The molecule has 4 aromatic heterocycles. The zero-order chi connectivity index (χ0) is 25.2. The van der Waals surface area contributed by atoms with Crippen LogP contribution in [-0.4, -0.2) is 55.0 Å². The normalized spacial score (nSPS) is 18.7. The Hall–Kier alpha value is -4.63. The number of nitrogens with zero attached hydrogens (tertiary/aromatic N) is 6. The van der Waals surface area contributed by atoms with Gasteiger partial charge in [-0.2, -0.15) is 10.2 Å². The van der Waals surface area contributed by atoms with Crippen molar-refractivity contribution in [2.75, 3.05) is 18.0 Å². The quantitative estimate of drug-likeness (QED) is 0.364. The fraction of sp³-hybridized carbons (Fsp3) is 0.172. The number of H-pyrrole nitrogens is 1. The van der Waals surface area contributed by atoms with Crippen molar-refractivity contribution in [2.24, 2.45) is 0 Å². The zero-order valence-electron chi connectivity index (χ0n) is 20.3. The van der Waals surface area contributed by atoms with Gasteiger partial charge in [0, 0.05) is 66.0 Å². The smallest absolute Gasteiger partial charge is 0.164 e. The topological polar surface area (TPSA) is 87.0 Å². The molecule has 0 aliphatic carbocycles. The summed E-state index contributed by atoms with van der Waals surface area (Å²) in [6, 6.07) is 17.8. The van der Waals surface area contributed by atoms with Crippen LogP contribution >= 0.6 is 0 Å². The summed E-state index contributed by atoms with van der Waals surface area (Å²) >= 11 is 0. The van der Waals surface area contributed by atoms with Crippen LogP contribution in [-0.2, 0) is 0 Å². The van der Waals surface area contributed by atoms with E-state index >= 15 is 0 Å². The number of aromatic amines is 1. The summed E-state index contributed by atoms with van der Waals surface area (Å²) in [6.45, 7) is 1.78. The Labute approximate surface area is 217 Å². The third kappa shape index (κ3) is 3.18. The Morgan fingerprint density at radius 3 is 2.74 bits per heavy atom. The Morgan fingerprint density at radius 1 is 0.974 bits per heavy atom. The summed E-state index contributed by atoms with van der Waals surface area (Å²) in [7, 11) is 0. The first kappa shape index (κ1) is 21.5. The second kappa shape index (κ2) is 8.19. The minimum absolute atomic E-state index is 0.241. The van der Waals surface area contributed by atoms with Gasteiger partial charge in [0.25, 0.3) is 0 Å². The second-order valence-electron chi connectivity index (χ2n) is 9.97. The third-order valence-electron chi connectivity index (χ3n) is 7.83. The molecule has 0 amide bonds. The lowest BCUT2D eigenvalue weighted by Crippen LogP contribution is -2.43. The number of piperazine rings is 1. The molecule has 2 saturated heterocycles. The van der Waals surface area contributed by atoms with E-state index in [-0.39, 0.29) is 5.82 Å². The highest BCUT2D eigenvalue weighted by molar-refractivity contribution is 6.03. The molecule has 9 heteroatoms. The van der Waals surface area contributed by atoms with Crippen LogP contribution in [0.5, 0.6) is 0 Å². The second-order valence-corrected chi connectivity index (χ2v) is 9.97. The van der Waals surface area contributed by atoms with Crippen molar-refractivity contribution in [1.82, 2.24) is 35.1 Å². The summed E-state index contributed by atoms with van der Waals surface area (Å²) in [5.74, 6) is -0.241. The zero-order valence-corrected chi connectivity index (χ0v) is 20.3. The van der Waals surface area contributed by atoms with E-state index in [0.717, 1.165) is 75.4 Å². The molecule has 6 heterocycles. The molecule has 2 N–H and O–H groups in total. The van der Waals surface area contributed by atoms with Gasteiger partial charge in [0.2, 0.25) is 0 Å². The molecule has 0 saturated carbocycles. The van der Waals surface area contributed by atoms with Crippen molar-refractivity contribution in [3.63, 3.8) is 0 Å². The van der Waals surface area contributed by atoms with E-state index in [2.05, 4.69) is 31.5 Å². The van der Waals surface area contributed by atoms with E-state index in [1.165, 1.54) is 6.07 Å². The molecule has 2 aliphatic rings. The van der Waals surface area contributed by atoms with Crippen molar-refractivity contribution >= 4 is 22.2 Å². The number of nitrogens with one attached hydrogen (secondary N) is 2. The summed E-state index contributed by atoms with van der Waals surface area (Å²) in [4.78, 5) is 11.4. The predicted molar refractivity (Wildman–Crippen MR) is 144 cm³/mol. The number of halogens is 1. The summed E-state index contributed by atoms with van der Waals surface area (Å²) < 4.78 is 16.5. The lowest BCUT2D eigenvalue weighted by molar-refractivity contribution is 0.577. The Morgan fingerprint density at radius 2 is 1.89 bits per heavy atom. The first-order valence-corrected chi connectivity index (χ1v) is 12.7. The largest absolute Gasteiger partial charge is 0.365 e. The first-order valence-electron chi connectivity index (χ1n) is 12.7. The van der Waals surface area contributed by atoms with Crippen LogP contribution in [0.1, 0.15) is 6.42 Å². The summed E-state index contributed by atoms with van der Waals surface area (Å²) in [6.07, 6.45) is 8.26. The standard InChI is InChI=1S/C29H23FN8/c30-18-4-5-22(26(12-18)37-16-19-13-20(37)14-33-19)25-8-11-32-29-27(21-2-1-3-24-23(21)15-34-35-24)28(36-38(25)29)17-6-9-31-10-7-17/h1-12,15,19-20,33H,13-14,16H2,(H,34,35)/t19-,20-/m0/s1. The number of hydrogen-bond donors (Lipinski definition) is 2. The maximum Gasteiger partial charge on any atom is 0.164 e. The van der Waals surface area contributed by atoms with E-state index in [0.29, 0.717) is 12.1 Å². The van der Waals surface area contributed by atoms with Gasteiger partial charge in [0.05, 0.1) is 23.0 Å². The van der Waals surface area contributed by atoms with Crippen LogP contribution in [0.25, 0.3) is 50.2 Å². The lowest BCUT2D eigenvalue weighted by atomic mass is 9.99. The highest BCUT2D eigenvalue weighted by Crippen LogP contribution is 2.41. The molecule has 0 spiro atoms. The average Bonchev–Trinajstić information content (AvgIpc) is 3.76. The minimum atomic E-state index is -0.241. The average molecular weight is 503 g/mol. The minimum Gasteiger partial charge on any atom is -0.365 e. The Kier molecular flexibility index (Phi) is 4.62. The summed E-state index contributed by atoms with van der Waals surface area (Å²) in [5, 5.41) is 17.0. The lowest BCUT2D eigenvalue weighted by Gasteiger charge is -2.31. The number of aromatic nitrogens is 6. The molecule has 2 bridgehead atoms. The van der Waals surface area contributed by atoms with E-state index in [4.69, 9.17) is 10.1 Å². The Balaban J connectivity index is 1.41. The van der Waals surface area contributed by atoms with E-state index in [1.54, 1.807) is 18.5 Å². The Bertz CT molecular complexity index is 1830. The van der Waals surface area contributed by atoms with Gasteiger partial charge in [-0.15, -0.1) is 0 Å². The number of hydrogen-bond acceptors (Lipinski definition) is 6. The van der Waals surface area contributed by atoms with Gasteiger partial charge in [0.15, 0.2) is 5.65 Å². The molecule has 2 aliphatic heterocycles. The van der Waals surface area contributed by atoms with E-state index < -0.39 is 0 Å². The van der Waals surface area contributed by atoms with E-state index in [1.807, 2.05) is 53.3 Å². The van der Waals surface area contributed by atoms with E-state index in [9.17, 15) is 4.39 Å². The van der Waals surface area contributed by atoms with Crippen molar-refractivity contribution in [3.8, 4) is 33.6 Å². The van der Waals surface area contributed by atoms with Crippen molar-refractivity contribution in [3.05, 3.63) is 85.2 Å². The molecule has 2 atom stereocenters. The van der Waals surface area contributed by atoms with Crippen LogP contribution in [0.4, 0.5) is 10.1 Å². The maximum atomic E-state index is 14.6. The first-order chi connectivity index (χ1) is 18.7. The highest BCUT2D eigenvalue weighted by Gasteiger charge is 2.38. The molecule has 186 valence electrons. The van der Waals surface area contributed by atoms with Gasteiger partial charge < -0.3 is 10.2 Å². The fourth-order valence-electron chi connectivity index (χ4n) is 6.11. The van der Waals surface area contributed by atoms with Gasteiger partial charge in [0.1, 0.15) is 11.5 Å². The SMILES string of the molecule is Fc1ccc(-c2ccnc3c(-c4cccc5[nH]ncc45)c(-c4ccncc4)nn23)c(N2C[C@@H]3C[C@H]2CN3)c1. The van der Waals surface area contributed by atoms with Gasteiger partial charge in [-0.3, -0.25) is 10.1 Å². The van der Waals surface area contributed by atoms with Crippen LogP contribution in [0.2, 0.25) is 0 Å². The molecule has 0 unspecified atom stereocenters. The van der Waals surface area contributed by atoms with Gasteiger partial charge in [-0.05, 0) is 54.4 Å². The predicted octanol–water partition coefficient (Wildman–Crippen LogP) is 4.69. The maximum absolute atomic E-state index is 14.6. The van der Waals surface area contributed by atoms with Crippen molar-refractivity contribution < 1.29 is 4.39 Å². The molecule has 2 fully saturated rings. The molecule has 6 aromatic rings. The fourth-order valence-corrected chi connectivity index (χ4v) is 6.11. The summed E-state index contributed by atoms with van der Waals surface area (Å²) in [5.41, 5.74) is 8.00. The molecular formula is C29H23FN8. The number of rotatable bonds is 4. The third-order valence-corrected chi connectivity index (χ3v) is 7.83. The molecule has 38 heavy (non-hydrogen) atoms. The van der Waals surface area contributed by atoms with Crippen LogP contribution in [0.3, 0.4) is 0 Å². The number of pyridine rings is 1. The molecular weight excluding hydrogens is 479 g/mol. The van der Waals surface area contributed by atoms with Crippen LogP contribution in [0, 0.1) is 5.82 Å². The number of anilines is 1. The van der Waals surface area contributed by atoms with Gasteiger partial charge in [-0.25, -0.2) is 13.9 Å². The van der Waals surface area contributed by atoms with Crippen molar-refractivity contribution in [2.45, 2.75) is 18.5 Å². The molecule has 8 rings (SSSR count). The van der Waals surface area contributed by atoms with Crippen LogP contribution < -0.4 is 10.2 Å². The number of benzene rings is 2. The number of fused-ring (bicyclic) bond motifs is 4. The highest BCUT2D eigenvalue weighted by atomic mass is 19.1. The molecule has 2 aromatic carbocycles. The molecule has 8 nitrogen and oxygen atoms in total. The van der Waals surface area contributed by atoms with Gasteiger partial charge >= 0.3 is 0 Å². The van der Waals surface area contributed by atoms with Gasteiger partial charge in [-0.1, -0.05) is 12.1 Å². The monoisotopic (exact) mass is 502 g/mol. The molecule has 0 radical (unpaired) electrons. The van der Waals surface area contributed by atoms with Crippen LogP contribution in [0.15, 0.2) is 79.4 Å². The van der Waals surface area contributed by atoms with Crippen molar-refractivity contribution in [1.29, 1.82) is 0 Å².